The summed E-state index contributed by atoms with van der Waals surface area (Å²) in [7, 11) is 0. The molecule has 0 aliphatic heterocycles. The minimum absolute atomic E-state index is 0.243. The lowest BCUT2D eigenvalue weighted by molar-refractivity contribution is 0.141. The molecule has 1 N–H and O–H groups in total. The first-order chi connectivity index (χ1) is 10.8. The molecule has 0 fully saturated rings. The molecule has 0 spiro atoms. The molecule has 2 rings (SSSR count). The van der Waals surface area contributed by atoms with Crippen molar-refractivity contribution in [3.05, 3.63) is 53.9 Å². The van der Waals surface area contributed by atoms with E-state index in [9.17, 15) is 4.79 Å². The van der Waals surface area contributed by atoms with E-state index in [1.54, 1.807) is 6.20 Å². The zero-order chi connectivity index (χ0) is 15.6. The predicted molar refractivity (Wildman–Crippen MR) is 84.0 cm³/mol. The molecule has 0 saturated heterocycles. The van der Waals surface area contributed by atoms with Crippen molar-refractivity contribution < 1.29 is 9.53 Å². The van der Waals surface area contributed by atoms with Gasteiger partial charge in [-0.2, -0.15) is 5.10 Å². The molecule has 0 atom stereocenters. The number of benzene rings is 1. The fraction of sp³-hybridized carbons (Fsp3) is 0.294. The lowest BCUT2D eigenvalue weighted by atomic mass is 10.2. The molecule has 0 aliphatic rings. The largest absolute Gasteiger partial charge is 0.445 e. The van der Waals surface area contributed by atoms with Gasteiger partial charge >= 0.3 is 6.09 Å². The first-order valence-electron chi connectivity index (χ1n) is 7.24. The van der Waals surface area contributed by atoms with Crippen LogP contribution in [-0.2, 0) is 17.9 Å². The average Bonchev–Trinajstić information content (AvgIpc) is 2.98. The third kappa shape index (κ3) is 5.33. The minimum atomic E-state index is -0.472. The standard InChI is InChI=1S/C17H19N3O2/c1-2-11-20-13-16(12-19-20)9-6-10-18-17(21)22-14-15-7-4-3-5-8-15/h3-5,7-8,12-13H,2,10-11,14H2,1H3,(H,18,21). The van der Waals surface area contributed by atoms with Gasteiger partial charge in [-0.05, 0) is 12.0 Å². The van der Waals surface area contributed by atoms with E-state index in [-0.39, 0.29) is 13.2 Å². The molecule has 1 aromatic carbocycles. The van der Waals surface area contributed by atoms with Crippen molar-refractivity contribution in [2.24, 2.45) is 0 Å². The Hall–Kier alpha value is -2.74. The molecular weight excluding hydrogens is 278 g/mol. The molecular formula is C17H19N3O2. The number of rotatable bonds is 5. The Morgan fingerprint density at radius 2 is 2.18 bits per heavy atom. The second kappa shape index (κ2) is 8.53. The number of carbonyl (C=O) groups is 1. The van der Waals surface area contributed by atoms with Crippen molar-refractivity contribution in [2.45, 2.75) is 26.5 Å². The van der Waals surface area contributed by atoms with E-state index < -0.39 is 6.09 Å². The van der Waals surface area contributed by atoms with Crippen molar-refractivity contribution in [1.29, 1.82) is 0 Å². The van der Waals surface area contributed by atoms with Gasteiger partial charge in [-0.15, -0.1) is 0 Å². The number of ether oxygens (including phenoxy) is 1. The highest BCUT2D eigenvalue weighted by atomic mass is 16.5. The number of hydrogen-bond acceptors (Lipinski definition) is 3. The molecule has 0 saturated carbocycles. The maximum absolute atomic E-state index is 11.5. The first-order valence-corrected chi connectivity index (χ1v) is 7.24. The monoisotopic (exact) mass is 297 g/mol. The number of carbonyl (C=O) groups excluding carboxylic acids is 1. The van der Waals surface area contributed by atoms with Crippen molar-refractivity contribution in [1.82, 2.24) is 15.1 Å². The quantitative estimate of drug-likeness (QED) is 0.863. The topological polar surface area (TPSA) is 56.2 Å². The lowest BCUT2D eigenvalue weighted by Gasteiger charge is -2.04. The van der Waals surface area contributed by atoms with E-state index in [0.717, 1.165) is 24.1 Å². The molecule has 5 heteroatoms. The third-order valence-electron chi connectivity index (χ3n) is 2.85. The molecule has 0 radical (unpaired) electrons. The van der Waals surface area contributed by atoms with Gasteiger partial charge in [0, 0.05) is 12.7 Å². The summed E-state index contributed by atoms with van der Waals surface area (Å²) in [5.41, 5.74) is 1.79. The second-order valence-corrected chi connectivity index (χ2v) is 4.71. The SMILES string of the molecule is CCCn1cc(C#CCNC(=O)OCc2ccccc2)cn1. The maximum atomic E-state index is 11.5. The zero-order valence-electron chi connectivity index (χ0n) is 12.6. The molecule has 5 nitrogen and oxygen atoms in total. The van der Waals surface area contributed by atoms with Crippen LogP contribution in [0.5, 0.6) is 0 Å². The fourth-order valence-electron chi connectivity index (χ4n) is 1.82. The summed E-state index contributed by atoms with van der Waals surface area (Å²) in [4.78, 5) is 11.5. The number of aromatic nitrogens is 2. The van der Waals surface area contributed by atoms with Crippen LogP contribution >= 0.6 is 0 Å². The van der Waals surface area contributed by atoms with Crippen LogP contribution in [-0.4, -0.2) is 22.4 Å². The van der Waals surface area contributed by atoms with Gasteiger partial charge in [0.1, 0.15) is 6.61 Å². The van der Waals surface area contributed by atoms with Gasteiger partial charge < -0.3 is 10.1 Å². The van der Waals surface area contributed by atoms with Crippen molar-refractivity contribution in [3.63, 3.8) is 0 Å². The summed E-state index contributed by atoms with van der Waals surface area (Å²) in [6, 6.07) is 9.53. The van der Waals surface area contributed by atoms with Gasteiger partial charge in [0.05, 0.1) is 18.3 Å². The number of amides is 1. The van der Waals surface area contributed by atoms with Crippen LogP contribution in [0.15, 0.2) is 42.7 Å². The summed E-state index contributed by atoms with van der Waals surface area (Å²) < 4.78 is 6.93. The number of aryl methyl sites for hydroxylation is 1. The molecule has 0 bridgehead atoms. The first kappa shape index (κ1) is 15.6. The highest BCUT2D eigenvalue weighted by molar-refractivity contribution is 5.67. The fourth-order valence-corrected chi connectivity index (χ4v) is 1.82. The highest BCUT2D eigenvalue weighted by Crippen LogP contribution is 2.00. The second-order valence-electron chi connectivity index (χ2n) is 4.71. The number of alkyl carbamates (subject to hydrolysis) is 1. The molecule has 2 aromatic rings. The van der Waals surface area contributed by atoms with E-state index in [1.165, 1.54) is 0 Å². The van der Waals surface area contributed by atoms with Gasteiger partial charge in [0.15, 0.2) is 0 Å². The van der Waals surface area contributed by atoms with E-state index >= 15 is 0 Å². The number of nitrogens with zero attached hydrogens (tertiary/aromatic N) is 2. The molecule has 1 aromatic heterocycles. The van der Waals surface area contributed by atoms with Crippen LogP contribution in [0.25, 0.3) is 0 Å². The molecule has 1 amide bonds. The van der Waals surface area contributed by atoms with Crippen molar-refractivity contribution in [3.8, 4) is 11.8 Å². The molecule has 114 valence electrons. The van der Waals surface area contributed by atoms with Crippen LogP contribution in [0.2, 0.25) is 0 Å². The molecule has 22 heavy (non-hydrogen) atoms. The highest BCUT2D eigenvalue weighted by Gasteiger charge is 2.00. The molecule has 0 aliphatic carbocycles. The summed E-state index contributed by atoms with van der Waals surface area (Å²) in [6.45, 7) is 3.47. The molecule has 1 heterocycles. The predicted octanol–water partition coefficient (Wildman–Crippen LogP) is 2.57. The van der Waals surface area contributed by atoms with Crippen LogP contribution in [0.4, 0.5) is 4.79 Å². The Balaban J connectivity index is 1.69. The van der Waals surface area contributed by atoms with Gasteiger partial charge in [-0.25, -0.2) is 4.79 Å². The van der Waals surface area contributed by atoms with Gasteiger partial charge in [0.25, 0.3) is 0 Å². The van der Waals surface area contributed by atoms with Crippen molar-refractivity contribution in [2.75, 3.05) is 6.54 Å². The summed E-state index contributed by atoms with van der Waals surface area (Å²) in [5, 5.41) is 6.78. The Labute approximate surface area is 130 Å². The summed E-state index contributed by atoms with van der Waals surface area (Å²) >= 11 is 0. The van der Waals surface area contributed by atoms with Crippen LogP contribution in [0, 0.1) is 11.8 Å². The molecule has 0 unspecified atom stereocenters. The maximum Gasteiger partial charge on any atom is 0.408 e. The van der Waals surface area contributed by atoms with Gasteiger partial charge in [0.2, 0.25) is 0 Å². The van der Waals surface area contributed by atoms with Crippen LogP contribution in [0.3, 0.4) is 0 Å². The zero-order valence-corrected chi connectivity index (χ0v) is 12.6. The van der Waals surface area contributed by atoms with Gasteiger partial charge in [-0.3, -0.25) is 4.68 Å². The summed E-state index contributed by atoms with van der Waals surface area (Å²) in [5.74, 6) is 5.82. The van der Waals surface area contributed by atoms with E-state index in [2.05, 4.69) is 29.2 Å². The van der Waals surface area contributed by atoms with Crippen LogP contribution in [0.1, 0.15) is 24.5 Å². The van der Waals surface area contributed by atoms with E-state index in [4.69, 9.17) is 4.74 Å². The summed E-state index contributed by atoms with van der Waals surface area (Å²) in [6.07, 6.45) is 4.17. The van der Waals surface area contributed by atoms with Gasteiger partial charge in [-0.1, -0.05) is 49.1 Å². The lowest BCUT2D eigenvalue weighted by Crippen LogP contribution is -2.24. The smallest absolute Gasteiger partial charge is 0.408 e. The van der Waals surface area contributed by atoms with Crippen molar-refractivity contribution >= 4 is 6.09 Å². The minimum Gasteiger partial charge on any atom is -0.445 e. The third-order valence-corrected chi connectivity index (χ3v) is 2.85. The Bertz CT molecular complexity index is 653. The van der Waals surface area contributed by atoms with Crippen LogP contribution < -0.4 is 5.32 Å². The van der Waals surface area contributed by atoms with E-state index in [1.807, 2.05) is 41.2 Å². The number of hydrogen-bond donors (Lipinski definition) is 1. The Morgan fingerprint density at radius 3 is 2.95 bits per heavy atom. The Kier molecular flexibility index (Phi) is 6.06. The number of nitrogens with one attached hydrogen (secondary N) is 1. The average molecular weight is 297 g/mol. The Morgan fingerprint density at radius 1 is 1.36 bits per heavy atom. The normalized spacial score (nSPS) is 9.68. The van der Waals surface area contributed by atoms with E-state index in [0.29, 0.717) is 0 Å².